The summed E-state index contributed by atoms with van der Waals surface area (Å²) in [5.41, 5.74) is -0.124. The zero-order valence-electron chi connectivity index (χ0n) is 14.5. The standard InChI is InChI=1S/C15H26N4O4S/c1-4-19-9-5-13(16-19)14(20)18-10-6-15(7-11-18,8-12-23-2)17-24(3,21)22/h5,9,17H,4,6-8,10-12H2,1-3H3. The predicted molar refractivity (Wildman–Crippen MR) is 90.2 cm³/mol. The van der Waals surface area contributed by atoms with Gasteiger partial charge in [0, 0.05) is 45.1 Å². The highest BCUT2D eigenvalue weighted by Gasteiger charge is 2.38. The van der Waals surface area contributed by atoms with Crippen LogP contribution >= 0.6 is 0 Å². The Morgan fingerprint density at radius 1 is 1.42 bits per heavy atom. The SMILES string of the molecule is CCn1ccc(C(=O)N2CCC(CCOC)(NS(C)(=O)=O)CC2)n1. The first-order chi connectivity index (χ1) is 11.3. The van der Waals surface area contributed by atoms with Crippen molar-refractivity contribution >= 4 is 15.9 Å². The minimum atomic E-state index is -3.33. The minimum Gasteiger partial charge on any atom is -0.385 e. The maximum atomic E-state index is 12.5. The van der Waals surface area contributed by atoms with Crippen LogP contribution in [0.25, 0.3) is 0 Å². The van der Waals surface area contributed by atoms with Gasteiger partial charge in [0.1, 0.15) is 5.69 Å². The number of ether oxygens (including phenoxy) is 1. The van der Waals surface area contributed by atoms with E-state index in [1.54, 1.807) is 29.0 Å². The fourth-order valence-corrected chi connectivity index (χ4v) is 4.14. The van der Waals surface area contributed by atoms with Gasteiger partial charge in [0.2, 0.25) is 10.0 Å². The van der Waals surface area contributed by atoms with Crippen molar-refractivity contribution < 1.29 is 17.9 Å². The molecule has 1 aliphatic heterocycles. The van der Waals surface area contributed by atoms with E-state index in [9.17, 15) is 13.2 Å². The van der Waals surface area contributed by atoms with Crippen molar-refractivity contribution in [3.05, 3.63) is 18.0 Å². The second-order valence-electron chi connectivity index (χ2n) is 6.25. The van der Waals surface area contributed by atoms with Crippen LogP contribution in [-0.2, 0) is 21.3 Å². The first-order valence-corrected chi connectivity index (χ1v) is 9.98. The van der Waals surface area contributed by atoms with Crippen molar-refractivity contribution in [2.45, 2.75) is 38.3 Å². The molecule has 2 rings (SSSR count). The summed E-state index contributed by atoms with van der Waals surface area (Å²) in [5, 5.41) is 4.24. The van der Waals surface area contributed by atoms with E-state index in [1.165, 1.54) is 0 Å². The molecule has 1 N–H and O–H groups in total. The fourth-order valence-electron chi connectivity index (χ4n) is 3.05. The Labute approximate surface area is 143 Å². The molecule has 0 radical (unpaired) electrons. The normalized spacial score (nSPS) is 17.9. The van der Waals surface area contributed by atoms with Gasteiger partial charge in [-0.2, -0.15) is 5.10 Å². The second kappa shape index (κ2) is 7.62. The van der Waals surface area contributed by atoms with Crippen LogP contribution in [-0.4, -0.2) is 67.6 Å². The Hall–Kier alpha value is -1.45. The van der Waals surface area contributed by atoms with Crippen LogP contribution in [0.5, 0.6) is 0 Å². The molecule has 0 saturated carbocycles. The van der Waals surface area contributed by atoms with Crippen LogP contribution in [0.3, 0.4) is 0 Å². The highest BCUT2D eigenvalue weighted by atomic mass is 32.2. The molecule has 0 bridgehead atoms. The molecule has 2 heterocycles. The average molecular weight is 358 g/mol. The molecule has 1 saturated heterocycles. The van der Waals surface area contributed by atoms with Crippen molar-refractivity contribution in [2.24, 2.45) is 0 Å². The first kappa shape index (κ1) is 18.9. The quantitative estimate of drug-likeness (QED) is 0.764. The molecular weight excluding hydrogens is 332 g/mol. The number of hydrogen-bond acceptors (Lipinski definition) is 5. The molecule has 8 nitrogen and oxygen atoms in total. The second-order valence-corrected chi connectivity index (χ2v) is 7.99. The molecule has 1 aliphatic rings. The number of rotatable bonds is 7. The van der Waals surface area contributed by atoms with Crippen LogP contribution in [0.4, 0.5) is 0 Å². The van der Waals surface area contributed by atoms with Gasteiger partial charge in [-0.3, -0.25) is 9.48 Å². The number of amides is 1. The predicted octanol–water partition coefficient (Wildman–Crippen LogP) is 0.464. The monoisotopic (exact) mass is 358 g/mol. The maximum Gasteiger partial charge on any atom is 0.274 e. The molecule has 9 heteroatoms. The molecule has 0 spiro atoms. The lowest BCUT2D eigenvalue weighted by molar-refractivity contribution is 0.0614. The Bertz CT molecular complexity index is 663. The molecule has 0 aliphatic carbocycles. The van der Waals surface area contributed by atoms with Crippen molar-refractivity contribution in [3.63, 3.8) is 0 Å². The van der Waals surface area contributed by atoms with E-state index in [0.29, 0.717) is 51.2 Å². The van der Waals surface area contributed by atoms with Crippen molar-refractivity contribution in [1.82, 2.24) is 19.4 Å². The smallest absolute Gasteiger partial charge is 0.274 e. The lowest BCUT2D eigenvalue weighted by Crippen LogP contribution is -2.56. The lowest BCUT2D eigenvalue weighted by Gasteiger charge is -2.41. The van der Waals surface area contributed by atoms with E-state index < -0.39 is 15.6 Å². The van der Waals surface area contributed by atoms with Gasteiger partial charge < -0.3 is 9.64 Å². The molecule has 24 heavy (non-hydrogen) atoms. The van der Waals surface area contributed by atoms with Gasteiger partial charge in [-0.1, -0.05) is 0 Å². The molecule has 0 unspecified atom stereocenters. The van der Waals surface area contributed by atoms with E-state index in [2.05, 4.69) is 9.82 Å². The topological polar surface area (TPSA) is 93.5 Å². The van der Waals surface area contributed by atoms with Crippen LogP contribution in [0.1, 0.15) is 36.7 Å². The van der Waals surface area contributed by atoms with Crippen molar-refractivity contribution in [3.8, 4) is 0 Å². The number of methoxy groups -OCH3 is 1. The average Bonchev–Trinajstić information content (AvgIpc) is 3.00. The summed E-state index contributed by atoms with van der Waals surface area (Å²) in [4.78, 5) is 14.3. The summed E-state index contributed by atoms with van der Waals surface area (Å²) in [7, 11) is -1.73. The molecular formula is C15H26N4O4S. The van der Waals surface area contributed by atoms with E-state index in [4.69, 9.17) is 4.74 Å². The number of nitrogens with one attached hydrogen (secondary N) is 1. The third-order valence-corrected chi connectivity index (χ3v) is 5.18. The zero-order chi connectivity index (χ0) is 17.8. The maximum absolute atomic E-state index is 12.5. The molecule has 136 valence electrons. The van der Waals surface area contributed by atoms with Gasteiger partial charge in [0.25, 0.3) is 5.91 Å². The van der Waals surface area contributed by atoms with Gasteiger partial charge in [-0.25, -0.2) is 13.1 Å². The Balaban J connectivity index is 2.04. The van der Waals surface area contributed by atoms with Crippen LogP contribution in [0.15, 0.2) is 12.3 Å². The number of likely N-dealkylation sites (tertiary alicyclic amines) is 1. The zero-order valence-corrected chi connectivity index (χ0v) is 15.3. The van der Waals surface area contributed by atoms with Crippen molar-refractivity contribution in [2.75, 3.05) is 33.1 Å². The van der Waals surface area contributed by atoms with E-state index in [0.717, 1.165) is 6.26 Å². The lowest BCUT2D eigenvalue weighted by atomic mass is 9.85. The first-order valence-electron chi connectivity index (χ1n) is 8.09. The van der Waals surface area contributed by atoms with Crippen LogP contribution < -0.4 is 4.72 Å². The Kier molecular flexibility index (Phi) is 6.00. The fraction of sp³-hybridized carbons (Fsp3) is 0.733. The van der Waals surface area contributed by atoms with E-state index in [-0.39, 0.29) is 5.91 Å². The molecule has 1 aromatic heterocycles. The van der Waals surface area contributed by atoms with E-state index >= 15 is 0 Å². The van der Waals surface area contributed by atoms with Crippen LogP contribution in [0, 0.1) is 0 Å². The molecule has 1 fully saturated rings. The number of aryl methyl sites for hydroxylation is 1. The number of nitrogens with zero attached hydrogens (tertiary/aromatic N) is 3. The number of hydrogen-bond donors (Lipinski definition) is 1. The summed E-state index contributed by atoms with van der Waals surface area (Å²) < 4.78 is 33.0. The molecule has 0 aromatic carbocycles. The third kappa shape index (κ3) is 4.78. The number of sulfonamides is 1. The van der Waals surface area contributed by atoms with Gasteiger partial charge >= 0.3 is 0 Å². The largest absolute Gasteiger partial charge is 0.385 e. The summed E-state index contributed by atoms with van der Waals surface area (Å²) in [5.74, 6) is -0.109. The highest BCUT2D eigenvalue weighted by Crippen LogP contribution is 2.27. The van der Waals surface area contributed by atoms with Gasteiger partial charge in [0.05, 0.1) is 6.26 Å². The van der Waals surface area contributed by atoms with Gasteiger partial charge in [-0.15, -0.1) is 0 Å². The Morgan fingerprint density at radius 3 is 2.58 bits per heavy atom. The van der Waals surface area contributed by atoms with E-state index in [1.807, 2.05) is 6.92 Å². The molecule has 0 atom stereocenters. The number of carbonyl (C=O) groups excluding carboxylic acids is 1. The Morgan fingerprint density at radius 2 is 2.08 bits per heavy atom. The number of carbonyl (C=O) groups is 1. The summed E-state index contributed by atoms with van der Waals surface area (Å²) in [6.07, 6.45) is 4.65. The third-order valence-electron chi connectivity index (χ3n) is 4.38. The van der Waals surface area contributed by atoms with Crippen LogP contribution in [0.2, 0.25) is 0 Å². The van der Waals surface area contributed by atoms with Gasteiger partial charge in [0.15, 0.2) is 0 Å². The number of aromatic nitrogens is 2. The summed E-state index contributed by atoms with van der Waals surface area (Å²) in [6.45, 7) is 4.13. The van der Waals surface area contributed by atoms with Gasteiger partial charge in [-0.05, 0) is 32.3 Å². The minimum absolute atomic E-state index is 0.109. The molecule has 1 amide bonds. The molecule has 1 aromatic rings. The summed E-state index contributed by atoms with van der Waals surface area (Å²) >= 11 is 0. The highest BCUT2D eigenvalue weighted by molar-refractivity contribution is 7.88. The van der Waals surface area contributed by atoms with Crippen molar-refractivity contribution in [1.29, 1.82) is 0 Å². The summed E-state index contributed by atoms with van der Waals surface area (Å²) in [6, 6.07) is 1.72. The number of piperidine rings is 1.